The standard InChI is InChI=1S/C33H36N6O4/c1-33(2,3)30-16-29(27(17-34)31(39-30)43-20-41-4)38-32(40)37-28-12-11-24(25-7-5-6-8-26(25)28)21-9-10-22(36-18-21)15-23-19-42-14-13-35-23/h5-12,16,18,23,35H,13-15,19-20H2,1-4H3,(H2,37,38,39,40). The van der Waals surface area contributed by atoms with Gasteiger partial charge in [0.15, 0.2) is 6.79 Å². The maximum absolute atomic E-state index is 13.3. The van der Waals surface area contributed by atoms with Crippen molar-refractivity contribution in [2.45, 2.75) is 38.6 Å². The molecule has 3 heterocycles. The van der Waals surface area contributed by atoms with E-state index < -0.39 is 6.03 Å². The number of rotatable bonds is 8. The predicted molar refractivity (Wildman–Crippen MR) is 166 cm³/mol. The van der Waals surface area contributed by atoms with E-state index in [1.807, 2.05) is 63.4 Å². The molecule has 2 aromatic heterocycles. The Hall–Kier alpha value is -4.56. The van der Waals surface area contributed by atoms with E-state index in [-0.39, 0.29) is 29.7 Å². The van der Waals surface area contributed by atoms with Crippen molar-refractivity contribution >= 4 is 28.2 Å². The van der Waals surface area contributed by atoms with E-state index in [1.54, 1.807) is 6.07 Å². The minimum absolute atomic E-state index is 0.0792. The smallest absolute Gasteiger partial charge is 0.323 e. The molecule has 0 aliphatic carbocycles. The monoisotopic (exact) mass is 580 g/mol. The number of nitriles is 1. The van der Waals surface area contributed by atoms with Crippen LogP contribution in [-0.2, 0) is 21.3 Å². The second-order valence-electron chi connectivity index (χ2n) is 11.4. The first-order valence-electron chi connectivity index (χ1n) is 14.2. The zero-order chi connectivity index (χ0) is 30.4. The van der Waals surface area contributed by atoms with Gasteiger partial charge in [-0.2, -0.15) is 5.26 Å². The van der Waals surface area contributed by atoms with E-state index in [9.17, 15) is 10.1 Å². The van der Waals surface area contributed by atoms with Gasteiger partial charge in [0.1, 0.15) is 11.6 Å². The average molecular weight is 581 g/mol. The third kappa shape index (κ3) is 7.09. The van der Waals surface area contributed by atoms with Crippen LogP contribution in [-0.4, -0.2) is 55.7 Å². The summed E-state index contributed by atoms with van der Waals surface area (Å²) in [4.78, 5) is 22.5. The number of morpholine rings is 1. The number of fused-ring (bicyclic) bond motifs is 1. The Morgan fingerprint density at radius 3 is 2.58 bits per heavy atom. The fraction of sp³-hybridized carbons (Fsp3) is 0.333. The summed E-state index contributed by atoms with van der Waals surface area (Å²) in [6, 6.07) is 19.5. The van der Waals surface area contributed by atoms with E-state index in [0.29, 0.717) is 23.7 Å². The normalized spacial score (nSPS) is 15.1. The van der Waals surface area contributed by atoms with Gasteiger partial charge in [-0.25, -0.2) is 9.78 Å². The highest BCUT2D eigenvalue weighted by Crippen LogP contribution is 2.34. The van der Waals surface area contributed by atoms with E-state index in [0.717, 1.165) is 47.2 Å². The lowest BCUT2D eigenvalue weighted by Gasteiger charge is -2.23. The summed E-state index contributed by atoms with van der Waals surface area (Å²) in [7, 11) is 1.49. The maximum Gasteiger partial charge on any atom is 0.323 e. The molecular weight excluding hydrogens is 544 g/mol. The summed E-state index contributed by atoms with van der Waals surface area (Å²) < 4.78 is 16.1. The quantitative estimate of drug-likeness (QED) is 0.229. The second kappa shape index (κ2) is 13.2. The van der Waals surface area contributed by atoms with Crippen molar-refractivity contribution in [3.8, 4) is 23.1 Å². The Bertz CT molecular complexity index is 1640. The Morgan fingerprint density at radius 1 is 1.12 bits per heavy atom. The summed E-state index contributed by atoms with van der Waals surface area (Å²) in [5, 5.41) is 21.0. The number of hydrogen-bond acceptors (Lipinski definition) is 8. The molecule has 0 saturated carbocycles. The van der Waals surface area contributed by atoms with Crippen molar-refractivity contribution in [2.24, 2.45) is 0 Å². The van der Waals surface area contributed by atoms with Gasteiger partial charge in [0.05, 0.1) is 30.3 Å². The van der Waals surface area contributed by atoms with Crippen LogP contribution in [0.15, 0.2) is 60.8 Å². The first kappa shape index (κ1) is 29.9. The number of urea groups is 1. The number of aromatic nitrogens is 2. The molecule has 10 nitrogen and oxygen atoms in total. The fourth-order valence-corrected chi connectivity index (χ4v) is 4.98. The molecule has 3 N–H and O–H groups in total. The van der Waals surface area contributed by atoms with Gasteiger partial charge >= 0.3 is 6.03 Å². The van der Waals surface area contributed by atoms with Crippen LogP contribution >= 0.6 is 0 Å². The molecule has 2 amide bonds. The highest BCUT2D eigenvalue weighted by atomic mass is 16.7. The molecular formula is C33H36N6O4. The maximum atomic E-state index is 13.3. The lowest BCUT2D eigenvalue weighted by molar-refractivity contribution is 0.0474. The van der Waals surface area contributed by atoms with Crippen molar-refractivity contribution in [3.05, 3.63) is 77.7 Å². The number of pyridine rings is 2. The molecule has 1 aliphatic heterocycles. The SMILES string of the molecule is COCOc1nc(C(C)(C)C)cc(NC(=O)Nc2ccc(-c3ccc(CC4COCCN4)nc3)c3ccccc23)c1C#N. The highest BCUT2D eigenvalue weighted by molar-refractivity contribution is 6.10. The van der Waals surface area contributed by atoms with Gasteiger partial charge in [-0.15, -0.1) is 0 Å². The number of methoxy groups -OCH3 is 1. The topological polar surface area (TPSA) is 130 Å². The van der Waals surface area contributed by atoms with Crippen molar-refractivity contribution in [2.75, 3.05) is 44.3 Å². The molecule has 10 heteroatoms. The van der Waals surface area contributed by atoms with E-state index in [1.165, 1.54) is 7.11 Å². The van der Waals surface area contributed by atoms with Gasteiger partial charge in [0.2, 0.25) is 5.88 Å². The largest absolute Gasteiger partial charge is 0.449 e. The lowest BCUT2D eigenvalue weighted by Crippen LogP contribution is -2.42. The van der Waals surface area contributed by atoms with Gasteiger partial charge in [-0.3, -0.25) is 4.98 Å². The van der Waals surface area contributed by atoms with Gasteiger partial charge in [0, 0.05) is 54.4 Å². The van der Waals surface area contributed by atoms with Crippen molar-refractivity contribution in [1.29, 1.82) is 5.26 Å². The van der Waals surface area contributed by atoms with Gasteiger partial charge in [0.25, 0.3) is 0 Å². The van der Waals surface area contributed by atoms with Gasteiger partial charge < -0.3 is 30.2 Å². The number of nitrogens with one attached hydrogen (secondary N) is 3. The van der Waals surface area contributed by atoms with Crippen molar-refractivity contribution < 1.29 is 19.0 Å². The number of ether oxygens (including phenoxy) is 3. The second-order valence-corrected chi connectivity index (χ2v) is 11.4. The number of nitrogens with zero attached hydrogens (tertiary/aromatic N) is 3. The Labute approximate surface area is 251 Å². The Morgan fingerprint density at radius 2 is 1.91 bits per heavy atom. The zero-order valence-corrected chi connectivity index (χ0v) is 24.9. The molecule has 0 bridgehead atoms. The lowest BCUT2D eigenvalue weighted by atomic mass is 9.91. The van der Waals surface area contributed by atoms with Crippen LogP contribution in [0.1, 0.15) is 37.7 Å². The molecule has 1 saturated heterocycles. The van der Waals surface area contributed by atoms with Crippen LogP contribution in [0.5, 0.6) is 5.88 Å². The molecule has 1 unspecified atom stereocenters. The molecule has 222 valence electrons. The van der Waals surface area contributed by atoms with Crippen LogP contribution in [0, 0.1) is 11.3 Å². The summed E-state index contributed by atoms with van der Waals surface area (Å²) in [6.07, 6.45) is 2.70. The summed E-state index contributed by atoms with van der Waals surface area (Å²) >= 11 is 0. The minimum Gasteiger partial charge on any atom is -0.449 e. The molecule has 5 rings (SSSR count). The van der Waals surface area contributed by atoms with Crippen LogP contribution in [0.3, 0.4) is 0 Å². The number of carbonyl (C=O) groups excluding carboxylic acids is 1. The Kier molecular flexibility index (Phi) is 9.16. The van der Waals surface area contributed by atoms with E-state index in [4.69, 9.17) is 19.2 Å². The first-order chi connectivity index (χ1) is 20.8. The van der Waals surface area contributed by atoms with Crippen LogP contribution < -0.4 is 20.7 Å². The average Bonchev–Trinajstić information content (AvgIpc) is 3.00. The summed E-state index contributed by atoms with van der Waals surface area (Å²) in [5.41, 5.74) is 4.34. The molecule has 0 spiro atoms. The van der Waals surface area contributed by atoms with Crippen LogP contribution in [0.25, 0.3) is 21.9 Å². The van der Waals surface area contributed by atoms with E-state index >= 15 is 0 Å². The highest BCUT2D eigenvalue weighted by Gasteiger charge is 2.23. The number of anilines is 2. The molecule has 1 fully saturated rings. The van der Waals surface area contributed by atoms with Crippen molar-refractivity contribution in [3.63, 3.8) is 0 Å². The first-order valence-corrected chi connectivity index (χ1v) is 14.2. The third-order valence-corrected chi connectivity index (χ3v) is 7.19. The fourth-order valence-electron chi connectivity index (χ4n) is 4.98. The molecule has 0 radical (unpaired) electrons. The molecule has 4 aromatic rings. The van der Waals surface area contributed by atoms with Crippen molar-refractivity contribution in [1.82, 2.24) is 15.3 Å². The number of hydrogen-bond donors (Lipinski definition) is 3. The number of amides is 2. The van der Waals surface area contributed by atoms with Gasteiger partial charge in [-0.05, 0) is 29.1 Å². The number of benzene rings is 2. The van der Waals surface area contributed by atoms with E-state index in [2.05, 4.69) is 39.1 Å². The molecule has 43 heavy (non-hydrogen) atoms. The predicted octanol–water partition coefficient (Wildman–Crippen LogP) is 5.62. The van der Waals surface area contributed by atoms with Gasteiger partial charge in [-0.1, -0.05) is 57.2 Å². The van der Waals surface area contributed by atoms with Crippen LogP contribution in [0.4, 0.5) is 16.2 Å². The Balaban J connectivity index is 1.39. The zero-order valence-electron chi connectivity index (χ0n) is 24.9. The number of carbonyl (C=O) groups is 1. The molecule has 1 atom stereocenters. The molecule has 2 aromatic carbocycles. The molecule has 1 aliphatic rings. The van der Waals surface area contributed by atoms with Crippen LogP contribution in [0.2, 0.25) is 0 Å². The minimum atomic E-state index is -0.496. The third-order valence-electron chi connectivity index (χ3n) is 7.19. The summed E-state index contributed by atoms with van der Waals surface area (Å²) in [5.74, 6) is 0.102. The summed E-state index contributed by atoms with van der Waals surface area (Å²) in [6.45, 7) is 8.19.